The summed E-state index contributed by atoms with van der Waals surface area (Å²) in [6.45, 7) is 1.07. The number of halogens is 2. The molecule has 1 atom stereocenters. The Balaban J connectivity index is 1.77. The lowest BCUT2D eigenvalue weighted by Gasteiger charge is -2.49. The fourth-order valence-corrected chi connectivity index (χ4v) is 4.51. The maximum atomic E-state index is 14.2. The van der Waals surface area contributed by atoms with E-state index in [1.54, 1.807) is 29.3 Å². The summed E-state index contributed by atoms with van der Waals surface area (Å²) in [4.78, 5) is 25.0. The first-order valence-corrected chi connectivity index (χ1v) is 10.1. The SMILES string of the molecule is O=C1c2[c]c(=O)cnn2[C@H](C(c2cccc(F)c2)c2cccc(F)c2)N2CCCCN12. The van der Waals surface area contributed by atoms with Crippen LogP contribution in [0.25, 0.3) is 0 Å². The molecule has 5 rings (SSSR count). The third-order valence-electron chi connectivity index (χ3n) is 5.79. The number of amides is 1. The van der Waals surface area contributed by atoms with Gasteiger partial charge in [-0.2, -0.15) is 10.1 Å². The molecule has 2 aromatic carbocycles. The predicted molar refractivity (Wildman–Crippen MR) is 108 cm³/mol. The van der Waals surface area contributed by atoms with Crippen molar-refractivity contribution in [2.75, 3.05) is 13.1 Å². The number of hydrogen-bond donors (Lipinski definition) is 0. The molecule has 1 amide bonds. The summed E-state index contributed by atoms with van der Waals surface area (Å²) in [6, 6.07) is 14.9. The van der Waals surface area contributed by atoms with Crippen LogP contribution in [0.4, 0.5) is 8.78 Å². The normalized spacial score (nSPS) is 18.7. The molecule has 1 aromatic heterocycles. The van der Waals surface area contributed by atoms with Crippen molar-refractivity contribution < 1.29 is 13.6 Å². The molecule has 3 heterocycles. The molecule has 8 heteroatoms. The summed E-state index contributed by atoms with van der Waals surface area (Å²) in [5, 5.41) is 7.75. The van der Waals surface area contributed by atoms with E-state index in [4.69, 9.17) is 0 Å². The van der Waals surface area contributed by atoms with Gasteiger partial charge in [0.15, 0.2) is 0 Å². The summed E-state index contributed by atoms with van der Waals surface area (Å²) >= 11 is 0. The second kappa shape index (κ2) is 7.70. The van der Waals surface area contributed by atoms with Crippen molar-refractivity contribution in [3.05, 3.63) is 99.5 Å². The van der Waals surface area contributed by atoms with Gasteiger partial charge >= 0.3 is 0 Å². The van der Waals surface area contributed by atoms with Crippen molar-refractivity contribution in [1.82, 2.24) is 19.8 Å². The van der Waals surface area contributed by atoms with E-state index in [1.807, 2.05) is 5.01 Å². The smallest absolute Gasteiger partial charge is 0.287 e. The zero-order valence-electron chi connectivity index (χ0n) is 16.5. The Kier molecular flexibility index (Phi) is 4.86. The van der Waals surface area contributed by atoms with Crippen LogP contribution in [0.1, 0.15) is 46.5 Å². The molecule has 0 bridgehead atoms. The Bertz CT molecular complexity index is 1170. The van der Waals surface area contributed by atoms with Crippen LogP contribution >= 0.6 is 0 Å². The molecule has 2 aliphatic rings. The Morgan fingerprint density at radius 3 is 2.26 bits per heavy atom. The number of benzene rings is 2. The minimum Gasteiger partial charge on any atom is -0.287 e. The molecule has 6 nitrogen and oxygen atoms in total. The van der Waals surface area contributed by atoms with Crippen LogP contribution in [-0.4, -0.2) is 38.8 Å². The van der Waals surface area contributed by atoms with Gasteiger partial charge in [-0.1, -0.05) is 24.3 Å². The van der Waals surface area contributed by atoms with Crippen LogP contribution in [0.3, 0.4) is 0 Å². The topological polar surface area (TPSA) is 58.4 Å². The minimum atomic E-state index is -0.603. The van der Waals surface area contributed by atoms with Gasteiger partial charge < -0.3 is 0 Å². The zero-order chi connectivity index (χ0) is 21.5. The number of nitrogens with zero attached hydrogens (tertiary/aromatic N) is 4. The summed E-state index contributed by atoms with van der Waals surface area (Å²) in [6.07, 6.45) is 2.19. The first kappa shape index (κ1) is 19.6. The number of carbonyl (C=O) groups is 1. The van der Waals surface area contributed by atoms with E-state index in [1.165, 1.54) is 28.9 Å². The van der Waals surface area contributed by atoms with Crippen LogP contribution in [-0.2, 0) is 0 Å². The lowest BCUT2D eigenvalue weighted by Crippen LogP contribution is -2.59. The Labute approximate surface area is 177 Å². The molecule has 3 aromatic rings. The third-order valence-corrected chi connectivity index (χ3v) is 5.79. The van der Waals surface area contributed by atoms with Crippen molar-refractivity contribution in [3.63, 3.8) is 0 Å². The van der Waals surface area contributed by atoms with E-state index < -0.39 is 29.1 Å². The summed E-state index contributed by atoms with van der Waals surface area (Å²) in [5.74, 6) is -1.73. The summed E-state index contributed by atoms with van der Waals surface area (Å²) in [5.41, 5.74) is 0.786. The molecular weight excluding hydrogens is 402 g/mol. The number of rotatable bonds is 3. The van der Waals surface area contributed by atoms with Crippen LogP contribution in [0, 0.1) is 17.7 Å². The van der Waals surface area contributed by atoms with Crippen LogP contribution in [0.5, 0.6) is 0 Å². The zero-order valence-corrected chi connectivity index (χ0v) is 16.5. The average molecular weight is 421 g/mol. The first-order chi connectivity index (χ1) is 15.0. The highest BCUT2D eigenvalue weighted by atomic mass is 19.1. The quantitative estimate of drug-likeness (QED) is 0.652. The van der Waals surface area contributed by atoms with Gasteiger partial charge in [0.1, 0.15) is 23.5 Å². The van der Waals surface area contributed by atoms with Gasteiger partial charge in [-0.3, -0.25) is 14.6 Å². The van der Waals surface area contributed by atoms with E-state index in [-0.39, 0.29) is 11.6 Å². The summed E-state index contributed by atoms with van der Waals surface area (Å²) in [7, 11) is 0. The minimum absolute atomic E-state index is 0.0495. The van der Waals surface area contributed by atoms with Crippen LogP contribution < -0.4 is 5.43 Å². The molecule has 157 valence electrons. The lowest BCUT2D eigenvalue weighted by atomic mass is 9.87. The molecular formula is C23H19F2N4O2. The maximum absolute atomic E-state index is 14.2. The van der Waals surface area contributed by atoms with Gasteiger partial charge in [-0.25, -0.2) is 13.5 Å². The molecule has 0 aliphatic carbocycles. The third kappa shape index (κ3) is 3.42. The van der Waals surface area contributed by atoms with Crippen molar-refractivity contribution in [1.29, 1.82) is 0 Å². The Morgan fingerprint density at radius 1 is 0.968 bits per heavy atom. The number of aromatic nitrogens is 2. The number of carbonyl (C=O) groups excluding carboxylic acids is 1. The molecule has 0 saturated carbocycles. The molecule has 31 heavy (non-hydrogen) atoms. The van der Waals surface area contributed by atoms with Gasteiger partial charge in [-0.15, -0.1) is 0 Å². The molecule has 1 saturated heterocycles. The molecule has 0 unspecified atom stereocenters. The van der Waals surface area contributed by atoms with E-state index in [0.717, 1.165) is 19.0 Å². The highest BCUT2D eigenvalue weighted by Gasteiger charge is 2.44. The van der Waals surface area contributed by atoms with Crippen LogP contribution in [0.15, 0.2) is 59.5 Å². The molecule has 1 radical (unpaired) electrons. The second-order valence-electron chi connectivity index (χ2n) is 7.73. The molecule has 2 aliphatic heterocycles. The highest BCUT2D eigenvalue weighted by molar-refractivity contribution is 5.92. The van der Waals surface area contributed by atoms with Crippen molar-refractivity contribution >= 4 is 5.91 Å². The average Bonchev–Trinajstić information content (AvgIpc) is 2.77. The lowest BCUT2D eigenvalue weighted by molar-refractivity contribution is -0.103. The number of hydrogen-bond acceptors (Lipinski definition) is 4. The van der Waals surface area contributed by atoms with Gasteiger partial charge in [0.05, 0.1) is 12.3 Å². The van der Waals surface area contributed by atoms with Gasteiger partial charge in [0.2, 0.25) is 5.43 Å². The fourth-order valence-electron chi connectivity index (χ4n) is 4.51. The van der Waals surface area contributed by atoms with E-state index in [9.17, 15) is 18.4 Å². The standard InChI is InChI=1S/C23H19F2N4O2/c24-17-7-3-5-15(11-17)21(16-6-4-8-18(25)12-16)22-27-9-1-2-10-28(27)23(31)20-13-19(30)14-26-29(20)22/h3-8,11-12,14,21-22H,1-2,9-10H2/t22-/m1/s1. The maximum Gasteiger partial charge on any atom is 0.287 e. The Morgan fingerprint density at radius 2 is 1.61 bits per heavy atom. The van der Waals surface area contributed by atoms with E-state index in [2.05, 4.69) is 11.2 Å². The fraction of sp³-hybridized carbons (Fsp3) is 0.261. The van der Waals surface area contributed by atoms with Gasteiger partial charge in [0, 0.05) is 19.0 Å². The van der Waals surface area contributed by atoms with Crippen molar-refractivity contribution in [2.45, 2.75) is 24.9 Å². The van der Waals surface area contributed by atoms with Crippen molar-refractivity contribution in [2.24, 2.45) is 0 Å². The molecule has 0 N–H and O–H groups in total. The molecule has 0 spiro atoms. The first-order valence-electron chi connectivity index (χ1n) is 10.1. The summed E-state index contributed by atoms with van der Waals surface area (Å²) < 4.78 is 29.9. The van der Waals surface area contributed by atoms with Crippen LogP contribution in [0.2, 0.25) is 0 Å². The van der Waals surface area contributed by atoms with E-state index in [0.29, 0.717) is 24.2 Å². The van der Waals surface area contributed by atoms with Gasteiger partial charge in [-0.05, 0) is 48.2 Å². The highest BCUT2D eigenvalue weighted by Crippen LogP contribution is 2.42. The predicted octanol–water partition coefficient (Wildman–Crippen LogP) is 3.12. The number of fused-ring (bicyclic) bond motifs is 2. The Hall–Kier alpha value is -3.39. The molecule has 1 fully saturated rings. The largest absolute Gasteiger partial charge is 0.287 e. The number of hydrazine groups is 1. The monoisotopic (exact) mass is 421 g/mol. The second-order valence-corrected chi connectivity index (χ2v) is 7.73. The van der Waals surface area contributed by atoms with Gasteiger partial charge in [0.25, 0.3) is 5.91 Å². The van der Waals surface area contributed by atoms with E-state index >= 15 is 0 Å². The van der Waals surface area contributed by atoms with Crippen molar-refractivity contribution in [3.8, 4) is 0 Å².